The van der Waals surface area contributed by atoms with Crippen LogP contribution in [0.4, 0.5) is 22.0 Å². The van der Waals surface area contributed by atoms with Gasteiger partial charge in [-0.05, 0) is 55.7 Å². The molecule has 0 spiro atoms. The topological polar surface area (TPSA) is 114 Å². The van der Waals surface area contributed by atoms with E-state index in [9.17, 15) is 31.9 Å². The second-order valence-electron chi connectivity index (χ2n) is 11.0. The van der Waals surface area contributed by atoms with Crippen molar-refractivity contribution in [3.8, 4) is 11.9 Å². The zero-order chi connectivity index (χ0) is 32.0. The number of aromatic nitrogens is 3. The van der Waals surface area contributed by atoms with E-state index in [1.165, 1.54) is 18.2 Å². The Bertz CT molecular complexity index is 1850. The Morgan fingerprint density at radius 2 is 1.96 bits per heavy atom. The average molecular weight is 628 g/mol. The van der Waals surface area contributed by atoms with E-state index in [1.807, 2.05) is 4.90 Å². The van der Waals surface area contributed by atoms with Crippen LogP contribution in [0.3, 0.4) is 0 Å². The van der Waals surface area contributed by atoms with Crippen LogP contribution in [0.15, 0.2) is 36.4 Å². The molecule has 14 heteroatoms. The summed E-state index contributed by atoms with van der Waals surface area (Å²) in [6.45, 7) is 2.64. The first-order valence-corrected chi connectivity index (χ1v) is 14.1. The molecule has 2 aromatic heterocycles. The molecular formula is C31H26F5N5O4. The third-order valence-corrected chi connectivity index (χ3v) is 8.22. The smallest absolute Gasteiger partial charge is 0.421 e. The van der Waals surface area contributed by atoms with Crippen LogP contribution in [0.1, 0.15) is 63.5 Å². The van der Waals surface area contributed by atoms with Crippen molar-refractivity contribution in [2.24, 2.45) is 0 Å². The Hall–Kier alpha value is -4.61. The first-order valence-electron chi connectivity index (χ1n) is 14.1. The first kappa shape index (κ1) is 30.4. The lowest BCUT2D eigenvalue weighted by Gasteiger charge is -2.35. The van der Waals surface area contributed by atoms with Gasteiger partial charge in [0.1, 0.15) is 29.3 Å². The molecule has 0 amide bonds. The molecule has 45 heavy (non-hydrogen) atoms. The molecule has 2 aliphatic rings. The number of pyridine rings is 1. The number of ether oxygens (including phenoxy) is 2. The fraction of sp³-hybridized carbons (Fsp3) is 0.355. The molecule has 2 aliphatic heterocycles. The minimum Gasteiger partial charge on any atom is -0.478 e. The van der Waals surface area contributed by atoms with Crippen molar-refractivity contribution in [2.45, 2.75) is 57.8 Å². The van der Waals surface area contributed by atoms with Crippen LogP contribution in [0.25, 0.3) is 11.0 Å². The number of carbonyl (C=O) groups is 1. The van der Waals surface area contributed by atoms with Gasteiger partial charge in [0, 0.05) is 18.7 Å². The maximum absolute atomic E-state index is 15.0. The summed E-state index contributed by atoms with van der Waals surface area (Å²) in [5.41, 5.74) is -0.232. The molecule has 0 aliphatic carbocycles. The molecule has 1 saturated heterocycles. The van der Waals surface area contributed by atoms with Crippen molar-refractivity contribution in [3.63, 3.8) is 0 Å². The van der Waals surface area contributed by atoms with Crippen LogP contribution in [-0.4, -0.2) is 49.8 Å². The molecule has 0 saturated carbocycles. The minimum absolute atomic E-state index is 0.0121. The molecule has 2 atom stereocenters. The standard InChI is InChI=1S/C31H26F5N5O4/c1-16-27-18(9-22(31(34,35)36)29(39-27)45-15-19-3-2-17(12-37)8-23(19)32)4-6-40(16)14-26-38-28-24(33)10-20(30(42)43)11-25(28)41(26)13-21-5-7-44-21/h2-3,8-11,16,21H,4-7,13-15H2,1H3,(H,42,43)/t16-,21-/m0/s1. The lowest BCUT2D eigenvalue weighted by atomic mass is 9.97. The molecule has 4 heterocycles. The number of nitriles is 1. The summed E-state index contributed by atoms with van der Waals surface area (Å²) in [6, 6.07) is 8.15. The monoisotopic (exact) mass is 627 g/mol. The molecule has 234 valence electrons. The SMILES string of the molecule is C[C@H]1c2nc(OCc3ccc(C#N)cc3F)c(C(F)(F)F)cc2CCN1Cc1nc2c(F)cc(C(=O)O)cc2n1C[C@@H]1CCO1. The van der Waals surface area contributed by atoms with E-state index in [2.05, 4.69) is 9.97 Å². The molecule has 6 rings (SSSR count). The van der Waals surface area contributed by atoms with Gasteiger partial charge in [-0.1, -0.05) is 6.07 Å². The third kappa shape index (κ3) is 5.93. The number of nitrogens with zero attached hydrogens (tertiary/aromatic N) is 5. The van der Waals surface area contributed by atoms with Crippen LogP contribution in [0.2, 0.25) is 0 Å². The van der Waals surface area contributed by atoms with E-state index in [0.717, 1.165) is 24.6 Å². The lowest BCUT2D eigenvalue weighted by Crippen LogP contribution is -2.36. The molecule has 9 nitrogen and oxygen atoms in total. The predicted molar refractivity (Wildman–Crippen MR) is 148 cm³/mol. The second kappa shape index (κ2) is 11.7. The Kier molecular flexibility index (Phi) is 7.92. The van der Waals surface area contributed by atoms with Gasteiger partial charge in [-0.3, -0.25) is 4.90 Å². The van der Waals surface area contributed by atoms with E-state index in [4.69, 9.17) is 14.7 Å². The molecule has 2 aromatic carbocycles. The van der Waals surface area contributed by atoms with Crippen molar-refractivity contribution in [3.05, 3.63) is 87.4 Å². The van der Waals surface area contributed by atoms with Gasteiger partial charge in [0.25, 0.3) is 0 Å². The first-order chi connectivity index (χ1) is 21.4. The number of benzene rings is 2. The maximum atomic E-state index is 15.0. The van der Waals surface area contributed by atoms with Crippen LogP contribution in [0, 0.1) is 23.0 Å². The quantitative estimate of drug-likeness (QED) is 0.245. The van der Waals surface area contributed by atoms with Crippen LogP contribution in [-0.2, 0) is 37.0 Å². The molecular weight excluding hydrogens is 601 g/mol. The summed E-state index contributed by atoms with van der Waals surface area (Å²) >= 11 is 0. The fourth-order valence-corrected chi connectivity index (χ4v) is 5.64. The number of halogens is 5. The highest BCUT2D eigenvalue weighted by Crippen LogP contribution is 2.40. The highest BCUT2D eigenvalue weighted by atomic mass is 19.4. The number of fused-ring (bicyclic) bond motifs is 2. The Balaban J connectivity index is 1.32. The van der Waals surface area contributed by atoms with E-state index < -0.39 is 47.9 Å². The summed E-state index contributed by atoms with van der Waals surface area (Å²) in [7, 11) is 0. The highest BCUT2D eigenvalue weighted by molar-refractivity contribution is 5.92. The van der Waals surface area contributed by atoms with Gasteiger partial charge in [-0.25, -0.2) is 23.5 Å². The van der Waals surface area contributed by atoms with Gasteiger partial charge < -0.3 is 19.1 Å². The zero-order valence-electron chi connectivity index (χ0n) is 23.9. The number of carboxylic acids is 1. The van der Waals surface area contributed by atoms with Crippen LogP contribution >= 0.6 is 0 Å². The Labute approximate surface area is 253 Å². The van der Waals surface area contributed by atoms with Gasteiger partial charge in [-0.15, -0.1) is 0 Å². The highest BCUT2D eigenvalue weighted by Gasteiger charge is 2.39. The van der Waals surface area contributed by atoms with Gasteiger partial charge in [0.2, 0.25) is 5.88 Å². The van der Waals surface area contributed by atoms with Crippen LogP contribution < -0.4 is 4.74 Å². The molecule has 0 unspecified atom stereocenters. The van der Waals surface area contributed by atoms with Gasteiger partial charge in [-0.2, -0.15) is 18.4 Å². The Morgan fingerprint density at radius 1 is 1.18 bits per heavy atom. The normalized spacial score (nSPS) is 18.3. The second-order valence-corrected chi connectivity index (χ2v) is 11.0. The van der Waals surface area contributed by atoms with Crippen molar-refractivity contribution in [1.82, 2.24) is 19.4 Å². The van der Waals surface area contributed by atoms with Crippen molar-refractivity contribution in [2.75, 3.05) is 13.2 Å². The van der Waals surface area contributed by atoms with Crippen molar-refractivity contribution in [1.29, 1.82) is 5.26 Å². The summed E-state index contributed by atoms with van der Waals surface area (Å²) in [4.78, 5) is 22.3. The molecule has 0 bridgehead atoms. The minimum atomic E-state index is -4.78. The number of imidazole rings is 1. The molecule has 4 aromatic rings. The van der Waals surface area contributed by atoms with Crippen molar-refractivity contribution >= 4 is 17.0 Å². The number of carboxylic acid groups (broad SMARTS) is 1. The van der Waals surface area contributed by atoms with Crippen molar-refractivity contribution < 1.29 is 41.3 Å². The van der Waals surface area contributed by atoms with Gasteiger partial charge in [0.05, 0.1) is 53.6 Å². The summed E-state index contributed by atoms with van der Waals surface area (Å²) in [5, 5.41) is 18.4. The predicted octanol–water partition coefficient (Wildman–Crippen LogP) is 5.79. The van der Waals surface area contributed by atoms with E-state index >= 15 is 0 Å². The Morgan fingerprint density at radius 3 is 2.60 bits per heavy atom. The molecule has 1 fully saturated rings. The van der Waals surface area contributed by atoms with Crippen LogP contribution in [0.5, 0.6) is 5.88 Å². The number of rotatable bonds is 8. The number of alkyl halides is 3. The largest absolute Gasteiger partial charge is 0.478 e. The fourth-order valence-electron chi connectivity index (χ4n) is 5.64. The third-order valence-electron chi connectivity index (χ3n) is 8.22. The number of hydrogen-bond donors (Lipinski definition) is 1. The maximum Gasteiger partial charge on any atom is 0.421 e. The van der Waals surface area contributed by atoms with Gasteiger partial charge in [0.15, 0.2) is 5.82 Å². The summed E-state index contributed by atoms with van der Waals surface area (Å²) in [5.74, 6) is -3.11. The van der Waals surface area contributed by atoms with Gasteiger partial charge >= 0.3 is 12.1 Å². The van der Waals surface area contributed by atoms with E-state index in [0.29, 0.717) is 42.3 Å². The number of hydrogen-bond acceptors (Lipinski definition) is 7. The summed E-state index contributed by atoms with van der Waals surface area (Å²) < 4.78 is 84.3. The lowest BCUT2D eigenvalue weighted by molar-refractivity contribution is -0.139. The molecule has 1 N–H and O–H groups in total. The summed E-state index contributed by atoms with van der Waals surface area (Å²) in [6.07, 6.45) is -3.94. The average Bonchev–Trinajstić information content (AvgIpc) is 3.32. The van der Waals surface area contributed by atoms with E-state index in [1.54, 1.807) is 17.6 Å². The van der Waals surface area contributed by atoms with E-state index in [-0.39, 0.29) is 41.3 Å². The molecule has 0 radical (unpaired) electrons. The number of aromatic carboxylic acids is 1. The zero-order valence-corrected chi connectivity index (χ0v) is 23.9.